The van der Waals surface area contributed by atoms with Crippen LogP contribution in [0.2, 0.25) is 0 Å². The van der Waals surface area contributed by atoms with Crippen LogP contribution in [0, 0.1) is 0 Å². The van der Waals surface area contributed by atoms with E-state index in [1.165, 1.54) is 23.1 Å². The van der Waals surface area contributed by atoms with Gasteiger partial charge in [0.15, 0.2) is 0 Å². The van der Waals surface area contributed by atoms with Crippen LogP contribution in [-0.2, 0) is 16.0 Å². The Labute approximate surface area is 136 Å². The number of amides is 1. The Hall–Kier alpha value is -1.86. The molecule has 2 aromatic rings. The molecule has 1 heterocycles. The number of aliphatic carboxylic acids is 1. The summed E-state index contributed by atoms with van der Waals surface area (Å²) < 4.78 is 0. The first-order valence-electron chi connectivity index (χ1n) is 6.71. The molecule has 0 atom stereocenters. The molecule has 0 spiro atoms. The second-order valence-corrected chi connectivity index (χ2v) is 6.45. The highest BCUT2D eigenvalue weighted by atomic mass is 32.2. The Balaban J connectivity index is 1.76. The molecule has 5 nitrogen and oxygen atoms in total. The van der Waals surface area contributed by atoms with E-state index in [1.54, 1.807) is 0 Å². The number of thiazole rings is 1. The van der Waals surface area contributed by atoms with E-state index in [-0.39, 0.29) is 18.1 Å². The predicted molar refractivity (Wildman–Crippen MR) is 89.2 cm³/mol. The number of nitrogens with zero attached hydrogens (tertiary/aromatic N) is 1. The van der Waals surface area contributed by atoms with E-state index in [1.807, 2.05) is 35.7 Å². The largest absolute Gasteiger partial charge is 0.481 e. The zero-order chi connectivity index (χ0) is 15.8. The lowest BCUT2D eigenvalue weighted by molar-refractivity contribution is -0.133. The Morgan fingerprint density at radius 1 is 1.27 bits per heavy atom. The number of rotatable bonds is 8. The second kappa shape index (κ2) is 8.55. The molecule has 116 valence electrons. The topological polar surface area (TPSA) is 79.3 Å². The number of carboxylic acid groups (broad SMARTS) is 1. The number of hydrogen-bond donors (Lipinski definition) is 2. The van der Waals surface area contributed by atoms with E-state index in [0.717, 1.165) is 16.3 Å². The van der Waals surface area contributed by atoms with E-state index in [4.69, 9.17) is 5.11 Å². The maximum absolute atomic E-state index is 11.8. The van der Waals surface area contributed by atoms with Crippen LogP contribution >= 0.6 is 23.1 Å². The van der Waals surface area contributed by atoms with Gasteiger partial charge in [-0.05, 0) is 0 Å². The van der Waals surface area contributed by atoms with Gasteiger partial charge < -0.3 is 10.4 Å². The Kier molecular flexibility index (Phi) is 6.42. The van der Waals surface area contributed by atoms with Crippen molar-refractivity contribution in [1.82, 2.24) is 10.3 Å². The maximum Gasteiger partial charge on any atom is 0.313 e. The van der Waals surface area contributed by atoms with Crippen LogP contribution in [0.15, 0.2) is 35.7 Å². The van der Waals surface area contributed by atoms with Gasteiger partial charge in [0.05, 0.1) is 17.9 Å². The molecule has 7 heteroatoms. The number of hydrogen-bond acceptors (Lipinski definition) is 5. The number of carbonyl (C=O) groups is 2. The van der Waals surface area contributed by atoms with Gasteiger partial charge in [-0.3, -0.25) is 9.59 Å². The molecular weight excluding hydrogens is 320 g/mol. The summed E-state index contributed by atoms with van der Waals surface area (Å²) in [6.45, 7) is 0.465. The number of benzene rings is 1. The van der Waals surface area contributed by atoms with E-state index >= 15 is 0 Å². The van der Waals surface area contributed by atoms with Crippen molar-refractivity contribution in [2.24, 2.45) is 0 Å². The molecule has 2 N–H and O–H groups in total. The first kappa shape index (κ1) is 16.5. The number of carboxylic acids is 1. The SMILES string of the molecule is O=C(O)CSCCNC(=O)Cc1csc(-c2ccccc2)n1. The van der Waals surface area contributed by atoms with Crippen LogP contribution in [0.5, 0.6) is 0 Å². The van der Waals surface area contributed by atoms with E-state index in [9.17, 15) is 9.59 Å². The van der Waals surface area contributed by atoms with Crippen molar-refractivity contribution in [2.75, 3.05) is 18.1 Å². The quantitative estimate of drug-likeness (QED) is 0.723. The van der Waals surface area contributed by atoms with Gasteiger partial charge in [-0.1, -0.05) is 30.3 Å². The molecule has 0 aliphatic carbocycles. The standard InChI is InChI=1S/C15H16N2O3S2/c18-13(16-6-7-21-10-14(19)20)8-12-9-22-15(17-12)11-4-2-1-3-5-11/h1-5,9H,6-8,10H2,(H,16,18)(H,19,20). The summed E-state index contributed by atoms with van der Waals surface area (Å²) in [7, 11) is 0. The van der Waals surface area contributed by atoms with E-state index < -0.39 is 5.97 Å². The van der Waals surface area contributed by atoms with Gasteiger partial charge in [0.25, 0.3) is 0 Å². The third-order valence-corrected chi connectivity index (χ3v) is 4.59. The fraction of sp³-hybridized carbons (Fsp3) is 0.267. The van der Waals surface area contributed by atoms with Crippen molar-refractivity contribution >= 4 is 35.0 Å². The Morgan fingerprint density at radius 3 is 2.77 bits per heavy atom. The lowest BCUT2D eigenvalue weighted by Gasteiger charge is -2.03. The second-order valence-electron chi connectivity index (χ2n) is 4.48. The van der Waals surface area contributed by atoms with Crippen molar-refractivity contribution in [3.63, 3.8) is 0 Å². The third-order valence-electron chi connectivity index (χ3n) is 2.71. The van der Waals surface area contributed by atoms with Gasteiger partial charge in [-0.25, -0.2) is 4.98 Å². The summed E-state index contributed by atoms with van der Waals surface area (Å²) in [4.78, 5) is 26.6. The predicted octanol–water partition coefficient (Wildman–Crippen LogP) is 2.29. The first-order chi connectivity index (χ1) is 10.6. The zero-order valence-corrected chi connectivity index (χ0v) is 13.5. The lowest BCUT2D eigenvalue weighted by Crippen LogP contribution is -2.27. The third kappa shape index (κ3) is 5.50. The van der Waals surface area contributed by atoms with Crippen molar-refractivity contribution in [3.05, 3.63) is 41.4 Å². The van der Waals surface area contributed by atoms with Crippen molar-refractivity contribution in [3.8, 4) is 10.6 Å². The average Bonchev–Trinajstić information content (AvgIpc) is 2.96. The minimum Gasteiger partial charge on any atom is -0.481 e. The molecule has 1 aromatic heterocycles. The highest BCUT2D eigenvalue weighted by Crippen LogP contribution is 2.23. The molecule has 2 rings (SSSR count). The summed E-state index contributed by atoms with van der Waals surface area (Å²) in [6, 6.07) is 9.84. The molecule has 0 radical (unpaired) electrons. The van der Waals surface area contributed by atoms with Crippen molar-refractivity contribution in [1.29, 1.82) is 0 Å². The van der Waals surface area contributed by atoms with Crippen LogP contribution < -0.4 is 5.32 Å². The van der Waals surface area contributed by atoms with Crippen LogP contribution in [0.25, 0.3) is 10.6 Å². The van der Waals surface area contributed by atoms with Gasteiger partial charge in [0.1, 0.15) is 5.01 Å². The molecule has 1 amide bonds. The minimum atomic E-state index is -0.841. The van der Waals surface area contributed by atoms with Crippen LogP contribution in [0.1, 0.15) is 5.69 Å². The first-order valence-corrected chi connectivity index (χ1v) is 8.74. The molecule has 0 aliphatic heterocycles. The molecule has 0 saturated heterocycles. The fourth-order valence-corrected chi connectivity index (χ4v) is 3.14. The van der Waals surface area contributed by atoms with Crippen molar-refractivity contribution < 1.29 is 14.7 Å². The maximum atomic E-state index is 11.8. The van der Waals surface area contributed by atoms with Gasteiger partial charge in [-0.15, -0.1) is 23.1 Å². The molecule has 1 aromatic carbocycles. The number of aromatic nitrogens is 1. The fourth-order valence-electron chi connectivity index (χ4n) is 1.75. The van der Waals surface area contributed by atoms with Crippen LogP contribution in [0.4, 0.5) is 0 Å². The number of nitrogens with one attached hydrogen (secondary N) is 1. The lowest BCUT2D eigenvalue weighted by atomic mass is 10.2. The smallest absolute Gasteiger partial charge is 0.313 e. The summed E-state index contributed by atoms with van der Waals surface area (Å²) in [5.74, 6) is -0.291. The summed E-state index contributed by atoms with van der Waals surface area (Å²) in [5, 5.41) is 14.1. The molecule has 22 heavy (non-hydrogen) atoms. The number of thioether (sulfide) groups is 1. The van der Waals surface area contributed by atoms with Crippen LogP contribution in [-0.4, -0.2) is 40.0 Å². The van der Waals surface area contributed by atoms with Gasteiger partial charge in [0, 0.05) is 23.2 Å². The minimum absolute atomic E-state index is 0.0579. The summed E-state index contributed by atoms with van der Waals surface area (Å²) in [5.41, 5.74) is 1.80. The average molecular weight is 336 g/mol. The van der Waals surface area contributed by atoms with Gasteiger partial charge >= 0.3 is 5.97 Å². The normalized spacial score (nSPS) is 10.4. The Bertz CT molecular complexity index is 629. The van der Waals surface area contributed by atoms with Crippen molar-refractivity contribution in [2.45, 2.75) is 6.42 Å². The van der Waals surface area contributed by atoms with Gasteiger partial charge in [0.2, 0.25) is 5.91 Å². The number of carbonyl (C=O) groups excluding carboxylic acids is 1. The van der Waals surface area contributed by atoms with E-state index in [2.05, 4.69) is 10.3 Å². The highest BCUT2D eigenvalue weighted by Gasteiger charge is 2.08. The highest BCUT2D eigenvalue weighted by molar-refractivity contribution is 7.99. The molecule has 0 saturated carbocycles. The Morgan fingerprint density at radius 2 is 2.05 bits per heavy atom. The molecule has 0 unspecified atom stereocenters. The summed E-state index contributed by atoms with van der Waals surface area (Å²) >= 11 is 2.80. The molecular formula is C15H16N2O3S2. The van der Waals surface area contributed by atoms with Gasteiger partial charge in [-0.2, -0.15) is 0 Å². The molecule has 0 fully saturated rings. The monoisotopic (exact) mass is 336 g/mol. The summed E-state index contributed by atoms with van der Waals surface area (Å²) in [6.07, 6.45) is 0.243. The van der Waals surface area contributed by atoms with E-state index in [0.29, 0.717) is 12.3 Å². The van der Waals surface area contributed by atoms with Crippen LogP contribution in [0.3, 0.4) is 0 Å². The molecule has 0 aliphatic rings. The zero-order valence-electron chi connectivity index (χ0n) is 11.8. The molecule has 0 bridgehead atoms.